The van der Waals surface area contributed by atoms with Gasteiger partial charge in [-0.05, 0) is 26.0 Å². The molecule has 146 valence electrons. The number of benzene rings is 1. The number of primary amides is 1. The summed E-state index contributed by atoms with van der Waals surface area (Å²) in [6.45, 7) is 4.32. The van der Waals surface area contributed by atoms with Crippen LogP contribution in [0, 0.1) is 6.92 Å². The summed E-state index contributed by atoms with van der Waals surface area (Å²) >= 11 is 1.20. The standard InChI is InChI=1S/C20H21N3O4S/c1-4-27-20(25)19-22-15(11-28-19)16-9-14(18(21)24)12(2)23(16)10-13-7-5-6-8-17(13)26-3/h5-9,11H,4,10H2,1-3H3,(H2,21,24). The van der Waals surface area contributed by atoms with E-state index in [1.807, 2.05) is 35.8 Å². The van der Waals surface area contributed by atoms with Gasteiger partial charge in [-0.1, -0.05) is 18.2 Å². The predicted molar refractivity (Wildman–Crippen MR) is 107 cm³/mol. The first kappa shape index (κ1) is 19.6. The van der Waals surface area contributed by atoms with E-state index < -0.39 is 11.9 Å². The van der Waals surface area contributed by atoms with Gasteiger partial charge in [-0.3, -0.25) is 4.79 Å². The maximum Gasteiger partial charge on any atom is 0.367 e. The van der Waals surface area contributed by atoms with Gasteiger partial charge in [-0.15, -0.1) is 11.3 Å². The number of nitrogens with zero attached hydrogens (tertiary/aromatic N) is 2. The van der Waals surface area contributed by atoms with Crippen LogP contribution in [0.15, 0.2) is 35.7 Å². The van der Waals surface area contributed by atoms with Crippen molar-refractivity contribution in [3.8, 4) is 17.1 Å². The summed E-state index contributed by atoms with van der Waals surface area (Å²) < 4.78 is 12.4. The third-order valence-electron chi connectivity index (χ3n) is 4.37. The molecule has 0 bridgehead atoms. The van der Waals surface area contributed by atoms with E-state index in [-0.39, 0.29) is 11.6 Å². The Morgan fingerprint density at radius 2 is 2.04 bits per heavy atom. The van der Waals surface area contributed by atoms with Crippen LogP contribution in [0.5, 0.6) is 5.75 Å². The summed E-state index contributed by atoms with van der Waals surface area (Å²) in [6.07, 6.45) is 0. The lowest BCUT2D eigenvalue weighted by molar-refractivity contribution is 0.0526. The van der Waals surface area contributed by atoms with E-state index in [1.54, 1.807) is 25.5 Å². The Bertz CT molecular complexity index is 1020. The van der Waals surface area contributed by atoms with Crippen LogP contribution in [0.4, 0.5) is 0 Å². The molecule has 0 atom stereocenters. The molecule has 0 saturated carbocycles. The molecule has 1 amide bonds. The summed E-state index contributed by atoms with van der Waals surface area (Å²) in [5, 5.41) is 2.03. The van der Waals surface area contributed by atoms with Crippen molar-refractivity contribution in [2.75, 3.05) is 13.7 Å². The Morgan fingerprint density at radius 3 is 2.71 bits per heavy atom. The average Bonchev–Trinajstić information content (AvgIpc) is 3.28. The van der Waals surface area contributed by atoms with Gasteiger partial charge in [0.05, 0.1) is 37.2 Å². The zero-order valence-corrected chi connectivity index (χ0v) is 16.7. The topological polar surface area (TPSA) is 96.4 Å². The van der Waals surface area contributed by atoms with Crippen molar-refractivity contribution in [2.45, 2.75) is 20.4 Å². The number of methoxy groups -OCH3 is 1. The van der Waals surface area contributed by atoms with E-state index >= 15 is 0 Å². The Labute approximate surface area is 166 Å². The lowest BCUT2D eigenvalue weighted by Gasteiger charge is -2.13. The molecule has 2 heterocycles. The number of rotatable bonds is 7. The van der Waals surface area contributed by atoms with Gasteiger partial charge in [0.15, 0.2) is 0 Å². The average molecular weight is 399 g/mol. The number of carbonyl (C=O) groups is 2. The van der Waals surface area contributed by atoms with Crippen molar-refractivity contribution in [1.29, 1.82) is 0 Å². The SMILES string of the molecule is CCOC(=O)c1nc(-c2cc(C(N)=O)c(C)n2Cc2ccccc2OC)cs1. The fourth-order valence-electron chi connectivity index (χ4n) is 2.99. The number of para-hydroxylation sites is 1. The summed E-state index contributed by atoms with van der Waals surface area (Å²) in [6, 6.07) is 9.36. The number of hydrogen-bond acceptors (Lipinski definition) is 6. The second-order valence-electron chi connectivity index (χ2n) is 6.05. The Hall–Kier alpha value is -3.13. The first-order valence-electron chi connectivity index (χ1n) is 8.71. The molecular formula is C20H21N3O4S. The van der Waals surface area contributed by atoms with Crippen molar-refractivity contribution in [3.63, 3.8) is 0 Å². The van der Waals surface area contributed by atoms with Crippen LogP contribution in [-0.2, 0) is 11.3 Å². The molecule has 0 aliphatic carbocycles. The van der Waals surface area contributed by atoms with E-state index in [9.17, 15) is 9.59 Å². The van der Waals surface area contributed by atoms with E-state index in [2.05, 4.69) is 4.98 Å². The maximum absolute atomic E-state index is 12.0. The van der Waals surface area contributed by atoms with Crippen LogP contribution in [-0.4, -0.2) is 35.1 Å². The number of aromatic nitrogens is 2. The number of hydrogen-bond donors (Lipinski definition) is 1. The minimum atomic E-state index is -0.515. The third-order valence-corrected chi connectivity index (χ3v) is 5.19. The lowest BCUT2D eigenvalue weighted by atomic mass is 10.2. The van der Waals surface area contributed by atoms with Crippen molar-refractivity contribution >= 4 is 23.2 Å². The lowest BCUT2D eigenvalue weighted by Crippen LogP contribution is -2.13. The van der Waals surface area contributed by atoms with Gasteiger partial charge < -0.3 is 19.8 Å². The largest absolute Gasteiger partial charge is 0.496 e. The van der Waals surface area contributed by atoms with E-state index in [4.69, 9.17) is 15.2 Å². The minimum absolute atomic E-state index is 0.264. The first-order chi connectivity index (χ1) is 13.5. The van der Waals surface area contributed by atoms with Gasteiger partial charge in [0.1, 0.15) is 5.75 Å². The monoisotopic (exact) mass is 399 g/mol. The van der Waals surface area contributed by atoms with Crippen LogP contribution >= 0.6 is 11.3 Å². The van der Waals surface area contributed by atoms with Crippen LogP contribution < -0.4 is 10.5 Å². The van der Waals surface area contributed by atoms with Gasteiger partial charge in [0.2, 0.25) is 5.01 Å². The molecule has 2 N–H and O–H groups in total. The van der Waals surface area contributed by atoms with Crippen molar-refractivity contribution in [2.24, 2.45) is 5.73 Å². The normalized spacial score (nSPS) is 10.7. The Balaban J connectivity index is 2.07. The summed E-state index contributed by atoms with van der Waals surface area (Å²) in [7, 11) is 1.61. The highest BCUT2D eigenvalue weighted by Gasteiger charge is 2.21. The fourth-order valence-corrected chi connectivity index (χ4v) is 3.70. The molecule has 0 unspecified atom stereocenters. The molecule has 8 heteroatoms. The summed E-state index contributed by atoms with van der Waals surface area (Å²) in [5.41, 5.74) is 8.91. The minimum Gasteiger partial charge on any atom is -0.496 e. The summed E-state index contributed by atoms with van der Waals surface area (Å²) in [4.78, 5) is 28.2. The molecule has 0 spiro atoms. The second-order valence-corrected chi connectivity index (χ2v) is 6.91. The highest BCUT2D eigenvalue weighted by molar-refractivity contribution is 7.11. The van der Waals surface area contributed by atoms with E-state index in [0.29, 0.717) is 23.5 Å². The molecule has 28 heavy (non-hydrogen) atoms. The maximum atomic E-state index is 12.0. The van der Waals surface area contributed by atoms with Gasteiger partial charge >= 0.3 is 5.97 Å². The fraction of sp³-hybridized carbons (Fsp3) is 0.250. The molecule has 2 aromatic heterocycles. The molecule has 0 radical (unpaired) electrons. The van der Waals surface area contributed by atoms with Crippen molar-refractivity contribution < 1.29 is 19.1 Å². The summed E-state index contributed by atoms with van der Waals surface area (Å²) in [5.74, 6) is -0.237. The molecule has 0 aliphatic heterocycles. The van der Waals surface area contributed by atoms with Gasteiger partial charge in [-0.2, -0.15) is 0 Å². The molecule has 3 rings (SSSR count). The molecular weight excluding hydrogens is 378 g/mol. The van der Waals surface area contributed by atoms with Crippen LogP contribution in [0.2, 0.25) is 0 Å². The number of thiazole rings is 1. The highest BCUT2D eigenvalue weighted by atomic mass is 32.1. The quantitative estimate of drug-likeness (QED) is 0.615. The van der Waals surface area contributed by atoms with Gasteiger partial charge in [0, 0.05) is 16.6 Å². The molecule has 0 fully saturated rings. The van der Waals surface area contributed by atoms with Crippen molar-refractivity contribution in [3.05, 3.63) is 57.5 Å². The van der Waals surface area contributed by atoms with Crippen LogP contribution in [0.25, 0.3) is 11.4 Å². The number of ether oxygens (including phenoxy) is 2. The van der Waals surface area contributed by atoms with E-state index in [1.165, 1.54) is 11.3 Å². The number of amides is 1. The molecule has 7 nitrogen and oxygen atoms in total. The number of carbonyl (C=O) groups excluding carboxylic acids is 2. The van der Waals surface area contributed by atoms with Gasteiger partial charge in [-0.25, -0.2) is 9.78 Å². The molecule has 0 aliphatic rings. The molecule has 3 aromatic rings. The smallest absolute Gasteiger partial charge is 0.367 e. The number of nitrogens with two attached hydrogens (primary N) is 1. The predicted octanol–water partition coefficient (Wildman–Crippen LogP) is 3.25. The third kappa shape index (κ3) is 3.77. The van der Waals surface area contributed by atoms with Crippen molar-refractivity contribution in [1.82, 2.24) is 9.55 Å². The number of esters is 1. The second kappa shape index (κ2) is 8.26. The van der Waals surface area contributed by atoms with Crippen LogP contribution in [0.1, 0.15) is 38.3 Å². The zero-order valence-electron chi connectivity index (χ0n) is 15.9. The highest BCUT2D eigenvalue weighted by Crippen LogP contribution is 2.30. The molecule has 0 saturated heterocycles. The molecule has 1 aromatic carbocycles. The van der Waals surface area contributed by atoms with Gasteiger partial charge in [0.25, 0.3) is 5.91 Å². The zero-order chi connectivity index (χ0) is 20.3. The Morgan fingerprint density at radius 1 is 1.29 bits per heavy atom. The van der Waals surface area contributed by atoms with Crippen LogP contribution in [0.3, 0.4) is 0 Å². The Kier molecular flexibility index (Phi) is 5.79. The first-order valence-corrected chi connectivity index (χ1v) is 9.59. The van der Waals surface area contributed by atoms with E-state index in [0.717, 1.165) is 17.0 Å².